The van der Waals surface area contributed by atoms with Crippen molar-refractivity contribution >= 4 is 75.8 Å². The van der Waals surface area contributed by atoms with E-state index in [1.165, 1.54) is 29.6 Å². The number of amides is 2. The lowest BCUT2D eigenvalue weighted by molar-refractivity contribution is 0.102. The van der Waals surface area contributed by atoms with Crippen molar-refractivity contribution in [2.45, 2.75) is 69.1 Å². The predicted octanol–water partition coefficient (Wildman–Crippen LogP) is 4.44. The molecule has 0 atom stereocenters. The third kappa shape index (κ3) is 13.8. The van der Waals surface area contributed by atoms with Gasteiger partial charge in [-0.2, -0.15) is 0 Å². The fourth-order valence-corrected chi connectivity index (χ4v) is 6.80. The molecule has 0 aromatic heterocycles. The first-order chi connectivity index (χ1) is 25.6. The van der Waals surface area contributed by atoms with E-state index in [0.29, 0.717) is 63.0 Å². The van der Waals surface area contributed by atoms with Gasteiger partial charge in [-0.1, -0.05) is 41.5 Å². The molecule has 0 bridgehead atoms. The first-order valence-electron chi connectivity index (χ1n) is 17.6. The number of nitrogens with zero attached hydrogens (tertiary/aromatic N) is 3. The Morgan fingerprint density at radius 3 is 1.45 bits per heavy atom. The maximum atomic E-state index is 14.1. The molecule has 0 radical (unpaired) electrons. The highest BCUT2D eigenvalue weighted by molar-refractivity contribution is 7.99. The molecule has 17 heteroatoms. The number of thioether (sulfide) groups is 2. The van der Waals surface area contributed by atoms with E-state index in [4.69, 9.17) is 44.9 Å². The van der Waals surface area contributed by atoms with Crippen molar-refractivity contribution in [3.05, 3.63) is 64.7 Å². The number of nitrogens with one attached hydrogen (secondary N) is 2. The van der Waals surface area contributed by atoms with Crippen molar-refractivity contribution in [3.8, 4) is 5.75 Å². The van der Waals surface area contributed by atoms with E-state index in [9.17, 15) is 9.59 Å². The molecule has 0 heterocycles. The summed E-state index contributed by atoms with van der Waals surface area (Å²) in [4.78, 5) is 41.9. The number of hydrogen-bond donors (Lipinski definition) is 9. The van der Waals surface area contributed by atoms with Crippen molar-refractivity contribution in [2.24, 2.45) is 43.6 Å². The average Bonchev–Trinajstić information content (AvgIpc) is 3.07. The van der Waals surface area contributed by atoms with Gasteiger partial charge in [0, 0.05) is 34.0 Å². The third-order valence-corrected chi connectivity index (χ3v) is 10.1. The lowest BCUT2D eigenvalue weighted by atomic mass is 9.86. The topological polar surface area (TPSA) is 287 Å². The first-order valence-corrected chi connectivity index (χ1v) is 19.5. The van der Waals surface area contributed by atoms with Gasteiger partial charge in [0.2, 0.25) is 0 Å². The standard InChI is InChI=1S/C38H56N12O3S2/c1-21(39)46-9-12-54-31-27(40)17-24(37(2,3)4)19-29(31)49-33(51)22-14-23(16-26(15-22)53-11-8-47-35(42)43)34(52)50-30-20-25(38(5,6)7)18-28(41)32(30)55-13-10-48-36(44)45/h14-20H,8-13,40-41H2,1-7H3,(H2,39,46)(H,49,51)(H,50,52)(H4,42,43,47)(H4,44,45,48). The molecule has 0 aliphatic rings. The van der Waals surface area contributed by atoms with Crippen LogP contribution in [0.15, 0.2) is 67.2 Å². The molecule has 3 aromatic carbocycles. The van der Waals surface area contributed by atoms with Crippen LogP contribution >= 0.6 is 23.5 Å². The average molecular weight is 793 g/mol. The SMILES string of the molecule is CC(N)=NCCSc1c(N)cc(C(C)(C)C)cc1NC(=O)c1cc(OCCN=C(N)N)cc(C(=O)Nc2cc(C(C)(C)C)cc(N)c2SCCN=C(N)N)c1. The number of aliphatic imine (C=N–C) groups is 3. The van der Waals surface area contributed by atoms with Gasteiger partial charge in [0.25, 0.3) is 11.8 Å². The third-order valence-electron chi connectivity index (χ3n) is 7.88. The zero-order chi connectivity index (χ0) is 41.1. The molecule has 298 valence electrons. The number of rotatable bonds is 16. The van der Waals surface area contributed by atoms with Gasteiger partial charge in [-0.15, -0.1) is 23.5 Å². The molecule has 3 rings (SSSR count). The van der Waals surface area contributed by atoms with E-state index < -0.39 is 11.8 Å². The fourth-order valence-electron chi connectivity index (χ4n) is 5.04. The molecule has 2 amide bonds. The Morgan fingerprint density at radius 2 is 1.05 bits per heavy atom. The largest absolute Gasteiger partial charge is 0.492 e. The van der Waals surface area contributed by atoms with Crippen LogP contribution in [0.2, 0.25) is 0 Å². The number of nitrogen functional groups attached to an aromatic ring is 2. The van der Waals surface area contributed by atoms with Crippen molar-refractivity contribution in [3.63, 3.8) is 0 Å². The zero-order valence-corrected chi connectivity index (χ0v) is 34.3. The second-order valence-corrected chi connectivity index (χ2v) is 16.9. The highest BCUT2D eigenvalue weighted by Gasteiger charge is 2.23. The first kappa shape index (κ1) is 44.1. The number of carbonyl (C=O) groups excluding carboxylic acids is 2. The molecule has 0 aliphatic heterocycles. The van der Waals surface area contributed by atoms with Crippen LogP contribution in [0.5, 0.6) is 5.75 Å². The van der Waals surface area contributed by atoms with Crippen LogP contribution in [0.25, 0.3) is 0 Å². The molecule has 15 nitrogen and oxygen atoms in total. The zero-order valence-electron chi connectivity index (χ0n) is 32.7. The summed E-state index contributed by atoms with van der Waals surface area (Å²) in [6, 6.07) is 12.2. The lowest BCUT2D eigenvalue weighted by Gasteiger charge is -2.23. The molecular formula is C38H56N12O3S2. The molecule has 0 spiro atoms. The smallest absolute Gasteiger partial charge is 0.255 e. The number of nitrogens with two attached hydrogens (primary N) is 7. The predicted molar refractivity (Wildman–Crippen MR) is 232 cm³/mol. The molecule has 0 fully saturated rings. The number of guanidine groups is 2. The minimum Gasteiger partial charge on any atom is -0.492 e. The second-order valence-electron chi connectivity index (χ2n) is 14.7. The molecule has 0 saturated heterocycles. The Labute approximate surface area is 332 Å². The minimum atomic E-state index is -0.494. The summed E-state index contributed by atoms with van der Waals surface area (Å²) in [6.07, 6.45) is 0. The van der Waals surface area contributed by atoms with Crippen LogP contribution in [0.3, 0.4) is 0 Å². The monoisotopic (exact) mass is 792 g/mol. The van der Waals surface area contributed by atoms with E-state index in [2.05, 4.69) is 67.2 Å². The summed E-state index contributed by atoms with van der Waals surface area (Å²) in [5.74, 6) is 0.737. The fraction of sp³-hybridized carbons (Fsp3) is 0.395. The molecule has 16 N–H and O–H groups in total. The number of anilines is 4. The van der Waals surface area contributed by atoms with Crippen molar-refractivity contribution < 1.29 is 14.3 Å². The summed E-state index contributed by atoms with van der Waals surface area (Å²) < 4.78 is 5.94. The summed E-state index contributed by atoms with van der Waals surface area (Å²) in [5.41, 5.74) is 44.5. The maximum Gasteiger partial charge on any atom is 0.255 e. The van der Waals surface area contributed by atoms with E-state index in [1.807, 2.05) is 24.3 Å². The van der Waals surface area contributed by atoms with Crippen LogP contribution in [-0.2, 0) is 10.8 Å². The maximum absolute atomic E-state index is 14.1. The van der Waals surface area contributed by atoms with E-state index >= 15 is 0 Å². The normalized spacial score (nSPS) is 11.8. The summed E-state index contributed by atoms with van der Waals surface area (Å²) in [6.45, 7) is 15.1. The highest BCUT2D eigenvalue weighted by Crippen LogP contribution is 2.39. The van der Waals surface area contributed by atoms with E-state index in [1.54, 1.807) is 19.1 Å². The number of carbonyl (C=O) groups is 2. The van der Waals surface area contributed by atoms with Crippen LogP contribution in [0.1, 0.15) is 80.3 Å². The molecule has 0 aliphatic carbocycles. The Morgan fingerprint density at radius 1 is 0.636 bits per heavy atom. The summed E-state index contributed by atoms with van der Waals surface area (Å²) in [5, 5.41) is 6.07. The molecule has 3 aromatic rings. The van der Waals surface area contributed by atoms with Crippen LogP contribution in [-0.4, -0.2) is 67.3 Å². The second kappa shape index (κ2) is 19.3. The van der Waals surface area contributed by atoms with Crippen molar-refractivity contribution in [2.75, 3.05) is 59.8 Å². The Kier molecular flexibility index (Phi) is 15.5. The number of amidine groups is 1. The van der Waals surface area contributed by atoms with Gasteiger partial charge in [0.05, 0.1) is 46.6 Å². The lowest BCUT2D eigenvalue weighted by Crippen LogP contribution is -2.23. The highest BCUT2D eigenvalue weighted by atomic mass is 32.2. The molecular weight excluding hydrogens is 737 g/mol. The van der Waals surface area contributed by atoms with Gasteiger partial charge < -0.3 is 55.5 Å². The Balaban J connectivity index is 2.08. The van der Waals surface area contributed by atoms with Crippen molar-refractivity contribution in [1.29, 1.82) is 0 Å². The minimum absolute atomic E-state index is 0.0157. The Hall–Kier alpha value is -5.29. The summed E-state index contributed by atoms with van der Waals surface area (Å²) >= 11 is 2.87. The number of hydrogen-bond acceptors (Lipinski definition) is 10. The van der Waals surface area contributed by atoms with Gasteiger partial charge in [0.15, 0.2) is 11.9 Å². The number of benzene rings is 3. The van der Waals surface area contributed by atoms with Crippen LogP contribution in [0, 0.1) is 0 Å². The van der Waals surface area contributed by atoms with E-state index in [0.717, 1.165) is 11.1 Å². The summed E-state index contributed by atoms with van der Waals surface area (Å²) in [7, 11) is 0. The number of ether oxygens (including phenoxy) is 1. The molecule has 0 unspecified atom stereocenters. The van der Waals surface area contributed by atoms with Crippen molar-refractivity contribution in [1.82, 2.24) is 0 Å². The van der Waals surface area contributed by atoms with Gasteiger partial charge in [-0.3, -0.25) is 24.6 Å². The Bertz CT molecular complexity index is 1810. The van der Waals surface area contributed by atoms with Gasteiger partial charge in [-0.05, 0) is 71.3 Å². The van der Waals surface area contributed by atoms with Crippen LogP contribution < -0.4 is 55.5 Å². The quantitative estimate of drug-likeness (QED) is 0.0320. The van der Waals surface area contributed by atoms with Gasteiger partial charge >= 0.3 is 0 Å². The van der Waals surface area contributed by atoms with Gasteiger partial charge in [0.1, 0.15) is 12.4 Å². The molecule has 0 saturated carbocycles. The molecule has 55 heavy (non-hydrogen) atoms. The van der Waals surface area contributed by atoms with Gasteiger partial charge in [-0.25, -0.2) is 0 Å². The van der Waals surface area contributed by atoms with Crippen LogP contribution in [0.4, 0.5) is 22.7 Å². The van der Waals surface area contributed by atoms with E-state index in [-0.39, 0.29) is 52.8 Å².